The highest BCUT2D eigenvalue weighted by molar-refractivity contribution is 7.09. The molecule has 1 aliphatic rings. The van der Waals surface area contributed by atoms with E-state index in [-0.39, 0.29) is 11.4 Å². The Morgan fingerprint density at radius 1 is 1.42 bits per heavy atom. The van der Waals surface area contributed by atoms with Gasteiger partial charge in [-0.25, -0.2) is 9.78 Å². The van der Waals surface area contributed by atoms with Gasteiger partial charge in [-0.05, 0) is 19.8 Å². The lowest BCUT2D eigenvalue weighted by Crippen LogP contribution is -2.50. The molecule has 0 atom stereocenters. The van der Waals surface area contributed by atoms with Crippen molar-refractivity contribution < 1.29 is 4.79 Å². The number of carbonyl (C=O) groups excluding carboxylic acids is 1. The largest absolute Gasteiger partial charge is 0.357 e. The van der Waals surface area contributed by atoms with E-state index < -0.39 is 0 Å². The Hall–Kier alpha value is -1.83. The van der Waals surface area contributed by atoms with E-state index in [0.29, 0.717) is 25.7 Å². The lowest BCUT2D eigenvalue weighted by molar-refractivity contribution is 0.188. The maximum atomic E-state index is 11.2. The number of nitrogens with one attached hydrogen (secondary N) is 2. The molecule has 0 aromatic carbocycles. The van der Waals surface area contributed by atoms with E-state index in [4.69, 9.17) is 10.7 Å². The minimum atomic E-state index is -0.331. The predicted octanol–water partition coefficient (Wildman–Crippen LogP) is 2.08. The number of nitrogens with two attached hydrogens (primary N) is 1. The van der Waals surface area contributed by atoms with Gasteiger partial charge in [-0.3, -0.25) is 4.99 Å². The zero-order valence-electron chi connectivity index (χ0n) is 16.3. The summed E-state index contributed by atoms with van der Waals surface area (Å²) in [5.41, 5.74) is 6.57. The van der Waals surface area contributed by atoms with Crippen LogP contribution < -0.4 is 16.4 Å². The Morgan fingerprint density at radius 3 is 2.65 bits per heavy atom. The first-order valence-electron chi connectivity index (χ1n) is 9.33. The van der Waals surface area contributed by atoms with Gasteiger partial charge in [0.25, 0.3) is 0 Å². The molecule has 4 N–H and O–H groups in total. The van der Waals surface area contributed by atoms with Crippen LogP contribution in [0.3, 0.4) is 0 Å². The van der Waals surface area contributed by atoms with Gasteiger partial charge in [0.15, 0.2) is 5.96 Å². The number of urea groups is 1. The van der Waals surface area contributed by atoms with Gasteiger partial charge in [0.2, 0.25) is 0 Å². The van der Waals surface area contributed by atoms with Crippen LogP contribution in [0.15, 0.2) is 10.4 Å². The van der Waals surface area contributed by atoms with Gasteiger partial charge in [0.1, 0.15) is 0 Å². The molecule has 8 heteroatoms. The van der Waals surface area contributed by atoms with Crippen molar-refractivity contribution in [2.75, 3.05) is 26.2 Å². The van der Waals surface area contributed by atoms with Gasteiger partial charge < -0.3 is 21.3 Å². The first-order chi connectivity index (χ1) is 12.3. The van der Waals surface area contributed by atoms with Crippen LogP contribution in [-0.2, 0) is 11.8 Å². The summed E-state index contributed by atoms with van der Waals surface area (Å²) in [6.45, 7) is 11.5. The third kappa shape index (κ3) is 6.16. The Labute approximate surface area is 160 Å². The Balaban J connectivity index is 1.85. The number of piperidine rings is 1. The lowest BCUT2D eigenvalue weighted by Gasteiger charge is -2.32. The summed E-state index contributed by atoms with van der Waals surface area (Å²) in [7, 11) is 0. The molecule has 1 aromatic rings. The molecule has 0 radical (unpaired) electrons. The number of hydrogen-bond donors (Lipinski definition) is 3. The topological polar surface area (TPSA) is 95.6 Å². The zero-order chi connectivity index (χ0) is 19.2. The Bertz CT molecular complexity index is 613. The van der Waals surface area contributed by atoms with Crippen LogP contribution in [0.4, 0.5) is 4.79 Å². The molecule has 2 amide bonds. The number of aromatic nitrogens is 1. The van der Waals surface area contributed by atoms with E-state index in [9.17, 15) is 4.79 Å². The smallest absolute Gasteiger partial charge is 0.314 e. The molecular formula is C18H32N6OS. The van der Waals surface area contributed by atoms with Gasteiger partial charge in [-0.15, -0.1) is 11.3 Å². The Kier molecular flexibility index (Phi) is 7.25. The highest BCUT2D eigenvalue weighted by Crippen LogP contribution is 2.24. The van der Waals surface area contributed by atoms with Crippen LogP contribution in [0.5, 0.6) is 0 Å². The number of nitrogens with zero attached hydrogens (tertiary/aromatic N) is 3. The molecule has 1 aromatic heterocycles. The van der Waals surface area contributed by atoms with Gasteiger partial charge in [0, 0.05) is 49.4 Å². The summed E-state index contributed by atoms with van der Waals surface area (Å²) in [4.78, 5) is 22.3. The fraction of sp³-hybridized carbons (Fsp3) is 0.722. The van der Waals surface area contributed by atoms with E-state index in [2.05, 4.69) is 48.7 Å². The number of hydrogen-bond acceptors (Lipinski definition) is 4. The number of thiazole rings is 1. The van der Waals surface area contributed by atoms with Gasteiger partial charge in [0.05, 0.1) is 10.7 Å². The summed E-state index contributed by atoms with van der Waals surface area (Å²) < 4.78 is 0. The molecule has 1 saturated heterocycles. The summed E-state index contributed by atoms with van der Waals surface area (Å²) in [6.07, 6.45) is 2.61. The van der Waals surface area contributed by atoms with Crippen molar-refractivity contribution in [3.63, 3.8) is 0 Å². The minimum Gasteiger partial charge on any atom is -0.357 e. The van der Waals surface area contributed by atoms with E-state index in [1.165, 1.54) is 0 Å². The van der Waals surface area contributed by atoms with Gasteiger partial charge in [-0.1, -0.05) is 20.8 Å². The van der Waals surface area contributed by atoms with Crippen molar-refractivity contribution in [2.24, 2.45) is 10.7 Å². The predicted molar refractivity (Wildman–Crippen MR) is 108 cm³/mol. The summed E-state index contributed by atoms with van der Waals surface area (Å²) >= 11 is 1.71. The van der Waals surface area contributed by atoms with E-state index >= 15 is 0 Å². The van der Waals surface area contributed by atoms with Crippen molar-refractivity contribution >= 4 is 23.3 Å². The van der Waals surface area contributed by atoms with Crippen LogP contribution >= 0.6 is 11.3 Å². The van der Waals surface area contributed by atoms with Crippen molar-refractivity contribution in [3.05, 3.63) is 16.1 Å². The van der Waals surface area contributed by atoms with E-state index in [1.54, 1.807) is 16.2 Å². The quantitative estimate of drug-likeness (QED) is 0.538. The number of guanidine groups is 1. The SMILES string of the molecule is CCNC(=NCCc1nc(C(C)(C)C)cs1)NC1CCN(C(N)=O)CC1. The standard InChI is InChI=1S/C18H32N6OS/c1-5-20-17(22-13-7-10-24(11-8-13)16(19)25)21-9-6-15-23-14(12-26-15)18(2,3)4/h12-13H,5-11H2,1-4H3,(H2,19,25)(H2,20,21,22). The first-order valence-corrected chi connectivity index (χ1v) is 10.2. The van der Waals surface area contributed by atoms with Crippen LogP contribution in [0, 0.1) is 0 Å². The zero-order valence-corrected chi connectivity index (χ0v) is 17.2. The molecule has 7 nitrogen and oxygen atoms in total. The highest BCUT2D eigenvalue weighted by Gasteiger charge is 2.22. The van der Waals surface area contributed by atoms with E-state index in [1.807, 2.05) is 0 Å². The molecule has 146 valence electrons. The molecule has 0 unspecified atom stereocenters. The van der Waals surface area contributed by atoms with Crippen molar-refractivity contribution in [1.29, 1.82) is 0 Å². The van der Waals surface area contributed by atoms with Crippen LogP contribution in [0.2, 0.25) is 0 Å². The lowest BCUT2D eigenvalue weighted by atomic mass is 9.93. The first kappa shape index (κ1) is 20.5. The highest BCUT2D eigenvalue weighted by atomic mass is 32.1. The third-order valence-corrected chi connectivity index (χ3v) is 5.32. The molecule has 0 saturated carbocycles. The van der Waals surface area contributed by atoms with Crippen LogP contribution in [0.25, 0.3) is 0 Å². The molecule has 1 fully saturated rings. The molecule has 0 bridgehead atoms. The monoisotopic (exact) mass is 380 g/mol. The van der Waals surface area contributed by atoms with Gasteiger partial charge in [-0.2, -0.15) is 0 Å². The Morgan fingerprint density at radius 2 is 2.12 bits per heavy atom. The molecule has 0 spiro atoms. The average Bonchev–Trinajstić information content (AvgIpc) is 3.05. The fourth-order valence-electron chi connectivity index (χ4n) is 2.79. The van der Waals surface area contributed by atoms with Crippen molar-refractivity contribution in [3.8, 4) is 0 Å². The molecule has 26 heavy (non-hydrogen) atoms. The third-order valence-electron chi connectivity index (χ3n) is 4.41. The van der Waals surface area contributed by atoms with Crippen LogP contribution in [-0.4, -0.2) is 54.1 Å². The number of likely N-dealkylation sites (tertiary alicyclic amines) is 1. The van der Waals surface area contributed by atoms with Crippen molar-refractivity contribution in [2.45, 2.75) is 58.4 Å². The summed E-state index contributed by atoms with van der Waals surface area (Å²) in [5.74, 6) is 0.831. The fourth-order valence-corrected chi connectivity index (χ4v) is 3.81. The molecular weight excluding hydrogens is 348 g/mol. The number of primary amides is 1. The molecule has 2 heterocycles. The number of amides is 2. The van der Waals surface area contributed by atoms with Crippen molar-refractivity contribution in [1.82, 2.24) is 20.5 Å². The van der Waals surface area contributed by atoms with Gasteiger partial charge >= 0.3 is 6.03 Å². The average molecular weight is 381 g/mol. The summed E-state index contributed by atoms with van der Waals surface area (Å²) in [6, 6.07) is -0.0159. The number of carbonyl (C=O) groups is 1. The second-order valence-corrected chi connectivity index (χ2v) is 8.57. The normalized spacial score (nSPS) is 16.6. The molecule has 0 aliphatic carbocycles. The van der Waals surface area contributed by atoms with Crippen LogP contribution in [0.1, 0.15) is 51.2 Å². The number of aliphatic imine (C=N–C) groups is 1. The van der Waals surface area contributed by atoms with E-state index in [0.717, 1.165) is 42.5 Å². The minimum absolute atomic E-state index is 0.0915. The second kappa shape index (κ2) is 9.21. The molecule has 1 aliphatic heterocycles. The molecule has 2 rings (SSSR count). The number of rotatable bonds is 5. The maximum Gasteiger partial charge on any atom is 0.314 e. The second-order valence-electron chi connectivity index (χ2n) is 7.63. The summed E-state index contributed by atoms with van der Waals surface area (Å²) in [5, 5.41) is 10.0. The maximum absolute atomic E-state index is 11.2.